The Morgan fingerprint density at radius 1 is 1.10 bits per heavy atom. The van der Waals surface area contributed by atoms with Crippen molar-refractivity contribution in [2.45, 2.75) is 46.2 Å². The number of likely N-dealkylation sites (tertiary alicyclic amines) is 1. The molecule has 0 atom stereocenters. The third-order valence-electron chi connectivity index (χ3n) is 6.13. The van der Waals surface area contributed by atoms with Gasteiger partial charge in [-0.2, -0.15) is 0 Å². The molecule has 0 saturated carbocycles. The van der Waals surface area contributed by atoms with Gasteiger partial charge in [0.1, 0.15) is 0 Å². The molecular weight excluding hydrogens is 378 g/mol. The van der Waals surface area contributed by atoms with Gasteiger partial charge in [-0.3, -0.25) is 0 Å². The third-order valence-corrected chi connectivity index (χ3v) is 6.13. The molecule has 0 radical (unpaired) electrons. The van der Waals surface area contributed by atoms with Crippen LogP contribution in [0.4, 0.5) is 10.5 Å². The van der Waals surface area contributed by atoms with Crippen LogP contribution < -0.4 is 14.8 Å². The molecule has 0 unspecified atom stereocenters. The van der Waals surface area contributed by atoms with Crippen molar-refractivity contribution < 1.29 is 14.3 Å². The number of carbonyl (C=O) groups is 1. The van der Waals surface area contributed by atoms with Gasteiger partial charge in [-0.15, -0.1) is 0 Å². The van der Waals surface area contributed by atoms with E-state index in [4.69, 9.17) is 9.47 Å². The maximum Gasteiger partial charge on any atom is 0.322 e. The highest BCUT2D eigenvalue weighted by Gasteiger charge is 2.28. The maximum absolute atomic E-state index is 13.4. The summed E-state index contributed by atoms with van der Waals surface area (Å²) in [6.07, 6.45) is 1.97. The van der Waals surface area contributed by atoms with Gasteiger partial charge < -0.3 is 24.6 Å². The van der Waals surface area contributed by atoms with Crippen molar-refractivity contribution in [1.29, 1.82) is 0 Å². The molecule has 160 valence electrons. The molecule has 2 aliphatic rings. The fraction of sp³-hybridized carbons (Fsp3) is 0.458. The first-order chi connectivity index (χ1) is 14.5. The van der Waals surface area contributed by atoms with E-state index in [2.05, 4.69) is 23.2 Å². The van der Waals surface area contributed by atoms with E-state index >= 15 is 0 Å². The number of anilines is 1. The second-order valence-corrected chi connectivity index (χ2v) is 8.23. The van der Waals surface area contributed by atoms with Gasteiger partial charge in [-0.05, 0) is 68.1 Å². The molecule has 2 aromatic rings. The van der Waals surface area contributed by atoms with Crippen molar-refractivity contribution in [2.24, 2.45) is 0 Å². The Balaban J connectivity index is 1.55. The number of nitrogens with one attached hydrogen (secondary N) is 1. The van der Waals surface area contributed by atoms with Crippen LogP contribution in [0.5, 0.6) is 11.5 Å². The van der Waals surface area contributed by atoms with Gasteiger partial charge in [0.25, 0.3) is 0 Å². The zero-order valence-corrected chi connectivity index (χ0v) is 18.1. The van der Waals surface area contributed by atoms with Crippen LogP contribution in [0.1, 0.15) is 36.5 Å². The van der Waals surface area contributed by atoms with Crippen LogP contribution in [-0.4, -0.2) is 48.3 Å². The molecule has 1 fully saturated rings. The van der Waals surface area contributed by atoms with E-state index in [1.807, 2.05) is 49.1 Å². The Bertz CT molecular complexity index is 907. The molecule has 30 heavy (non-hydrogen) atoms. The number of piperidine rings is 1. The lowest BCUT2D eigenvalue weighted by Gasteiger charge is -2.38. The van der Waals surface area contributed by atoms with E-state index < -0.39 is 0 Å². The minimum Gasteiger partial charge on any atom is -0.454 e. The Morgan fingerprint density at radius 3 is 2.63 bits per heavy atom. The zero-order chi connectivity index (χ0) is 21.1. The number of amides is 2. The van der Waals surface area contributed by atoms with Gasteiger partial charge in [-0.1, -0.05) is 25.1 Å². The summed E-state index contributed by atoms with van der Waals surface area (Å²) in [5.41, 5.74) is 4.13. The number of ether oxygens (including phenoxy) is 2. The number of benzene rings is 2. The molecule has 0 spiro atoms. The first kappa shape index (κ1) is 20.5. The number of hydrogen-bond donors (Lipinski definition) is 1. The van der Waals surface area contributed by atoms with Gasteiger partial charge in [0.05, 0.1) is 0 Å². The fourth-order valence-corrected chi connectivity index (χ4v) is 4.21. The summed E-state index contributed by atoms with van der Waals surface area (Å²) in [4.78, 5) is 17.8. The SMILES string of the molecule is CCN1CCC(N(Cc2ccc3c(c2)OCO3)C(=O)Nc2cc(C)ccc2C)CC1. The molecule has 0 bridgehead atoms. The van der Waals surface area contributed by atoms with Gasteiger partial charge in [0.2, 0.25) is 6.79 Å². The number of hydrogen-bond acceptors (Lipinski definition) is 4. The van der Waals surface area contributed by atoms with E-state index in [9.17, 15) is 4.79 Å². The van der Waals surface area contributed by atoms with Crippen LogP contribution in [0, 0.1) is 13.8 Å². The maximum atomic E-state index is 13.4. The van der Waals surface area contributed by atoms with Crippen molar-refractivity contribution in [1.82, 2.24) is 9.80 Å². The summed E-state index contributed by atoms with van der Waals surface area (Å²) >= 11 is 0. The summed E-state index contributed by atoms with van der Waals surface area (Å²) < 4.78 is 11.0. The topological polar surface area (TPSA) is 54.0 Å². The number of rotatable bonds is 5. The lowest BCUT2D eigenvalue weighted by molar-refractivity contribution is 0.126. The highest BCUT2D eigenvalue weighted by atomic mass is 16.7. The Labute approximate surface area is 178 Å². The number of aryl methyl sites for hydroxylation is 2. The Hall–Kier alpha value is -2.73. The largest absolute Gasteiger partial charge is 0.454 e. The minimum atomic E-state index is -0.0451. The number of nitrogens with zero attached hydrogens (tertiary/aromatic N) is 2. The second kappa shape index (κ2) is 8.96. The first-order valence-corrected chi connectivity index (χ1v) is 10.8. The smallest absolute Gasteiger partial charge is 0.322 e. The average Bonchev–Trinajstić information content (AvgIpc) is 3.22. The predicted molar refractivity (Wildman–Crippen MR) is 118 cm³/mol. The van der Waals surface area contributed by atoms with E-state index in [1.165, 1.54) is 0 Å². The molecule has 4 rings (SSSR count). The summed E-state index contributed by atoms with van der Waals surface area (Å²) in [5.74, 6) is 1.52. The molecule has 2 heterocycles. The van der Waals surface area contributed by atoms with Crippen LogP contribution in [0.25, 0.3) is 0 Å². The van der Waals surface area contributed by atoms with Crippen molar-refractivity contribution in [3.8, 4) is 11.5 Å². The fourth-order valence-electron chi connectivity index (χ4n) is 4.21. The number of carbonyl (C=O) groups excluding carboxylic acids is 1. The average molecular weight is 410 g/mol. The van der Waals surface area contributed by atoms with Crippen molar-refractivity contribution in [3.05, 3.63) is 53.1 Å². The molecule has 2 aliphatic heterocycles. The van der Waals surface area contributed by atoms with Crippen molar-refractivity contribution in [2.75, 3.05) is 31.7 Å². The highest BCUT2D eigenvalue weighted by Crippen LogP contribution is 2.33. The minimum absolute atomic E-state index is 0.0451. The van der Waals surface area contributed by atoms with Crippen LogP contribution in [0.3, 0.4) is 0 Å². The summed E-state index contributed by atoms with van der Waals surface area (Å²) in [6, 6.07) is 12.3. The van der Waals surface area contributed by atoms with Crippen molar-refractivity contribution in [3.63, 3.8) is 0 Å². The second-order valence-electron chi connectivity index (χ2n) is 8.23. The highest BCUT2D eigenvalue weighted by molar-refractivity contribution is 5.90. The molecule has 6 heteroatoms. The summed E-state index contributed by atoms with van der Waals surface area (Å²) in [6.45, 7) is 10.2. The van der Waals surface area contributed by atoms with E-state index in [1.54, 1.807) is 0 Å². The van der Waals surface area contributed by atoms with Gasteiger partial charge in [0.15, 0.2) is 11.5 Å². The van der Waals surface area contributed by atoms with Gasteiger partial charge >= 0.3 is 6.03 Å². The Morgan fingerprint density at radius 2 is 1.87 bits per heavy atom. The number of urea groups is 1. The van der Waals surface area contributed by atoms with Crippen molar-refractivity contribution >= 4 is 11.7 Å². The van der Waals surface area contributed by atoms with E-state index in [-0.39, 0.29) is 18.9 Å². The van der Waals surface area contributed by atoms with Gasteiger partial charge in [0, 0.05) is 31.4 Å². The quantitative estimate of drug-likeness (QED) is 0.787. The molecule has 1 saturated heterocycles. The molecule has 0 aromatic heterocycles. The Kier molecular flexibility index (Phi) is 6.13. The van der Waals surface area contributed by atoms with E-state index in [0.29, 0.717) is 6.54 Å². The molecule has 2 amide bonds. The van der Waals surface area contributed by atoms with Gasteiger partial charge in [-0.25, -0.2) is 4.79 Å². The number of fused-ring (bicyclic) bond motifs is 1. The predicted octanol–water partition coefficient (Wildman–Crippen LogP) is 4.55. The molecular formula is C24H31N3O3. The summed E-state index contributed by atoms with van der Waals surface area (Å²) in [7, 11) is 0. The third kappa shape index (κ3) is 4.54. The lowest BCUT2D eigenvalue weighted by Crippen LogP contribution is -2.48. The lowest BCUT2D eigenvalue weighted by atomic mass is 10.0. The zero-order valence-electron chi connectivity index (χ0n) is 18.1. The first-order valence-electron chi connectivity index (χ1n) is 10.8. The van der Waals surface area contributed by atoms with Crippen LogP contribution >= 0.6 is 0 Å². The molecule has 2 aromatic carbocycles. The van der Waals surface area contributed by atoms with E-state index in [0.717, 1.165) is 66.4 Å². The van der Waals surface area contributed by atoms with Crippen LogP contribution in [0.2, 0.25) is 0 Å². The normalized spacial score (nSPS) is 16.5. The summed E-state index contributed by atoms with van der Waals surface area (Å²) in [5, 5.41) is 3.16. The van der Waals surface area contributed by atoms with Crippen LogP contribution in [0.15, 0.2) is 36.4 Å². The molecule has 1 N–H and O–H groups in total. The monoisotopic (exact) mass is 409 g/mol. The molecule has 0 aliphatic carbocycles. The molecule has 6 nitrogen and oxygen atoms in total. The van der Waals surface area contributed by atoms with Crippen LogP contribution in [-0.2, 0) is 6.54 Å². The standard InChI is InChI=1S/C24H31N3O3/c1-4-26-11-9-20(10-12-26)27(15-19-7-8-22-23(14-19)30-16-29-22)24(28)25-21-13-17(2)5-6-18(21)3/h5-8,13-14,20H,4,9-12,15-16H2,1-3H3,(H,25,28).